The van der Waals surface area contributed by atoms with E-state index in [0.717, 1.165) is 25.7 Å². The zero-order chi connectivity index (χ0) is 18.4. The maximum absolute atomic E-state index is 10.0. The Hall–Kier alpha value is -0.560. The second kappa shape index (κ2) is 9.22. The standard InChI is InChI=1S/C21H38O3/c1-8-23-18(4)24-20(5,6)13-9-11-16(2)17(3)21(7)14-10-12-19(22)15-21/h16-19,22H,8,10-12,14-15H2,1-7H3/t16-,17-,18?,19?,21-/m0/s1. The average Bonchev–Trinajstić information content (AvgIpc) is 2.45. The van der Waals surface area contributed by atoms with Crippen molar-refractivity contribution in [2.45, 2.75) is 98.6 Å². The lowest BCUT2D eigenvalue weighted by atomic mass is 9.63. The molecule has 1 aliphatic rings. The number of rotatable bonds is 7. The molecule has 0 aromatic carbocycles. The fraction of sp³-hybridized carbons (Fsp3) is 0.905. The van der Waals surface area contributed by atoms with Gasteiger partial charge in [0.1, 0.15) is 5.60 Å². The van der Waals surface area contributed by atoms with Crippen molar-refractivity contribution in [3.05, 3.63) is 0 Å². The molecule has 0 saturated heterocycles. The number of hydrogen-bond acceptors (Lipinski definition) is 3. The molecule has 3 heteroatoms. The zero-order valence-electron chi connectivity index (χ0n) is 16.8. The lowest BCUT2D eigenvalue weighted by Crippen LogP contribution is -2.37. The van der Waals surface area contributed by atoms with Crippen LogP contribution in [0.15, 0.2) is 0 Å². The molecule has 1 N–H and O–H groups in total. The second-order valence-corrected chi connectivity index (χ2v) is 8.33. The van der Waals surface area contributed by atoms with Gasteiger partial charge >= 0.3 is 0 Å². The highest BCUT2D eigenvalue weighted by Crippen LogP contribution is 2.45. The summed E-state index contributed by atoms with van der Waals surface area (Å²) in [5.41, 5.74) is -0.267. The van der Waals surface area contributed by atoms with Gasteiger partial charge in [0, 0.05) is 13.0 Å². The minimum atomic E-state index is -0.498. The molecule has 24 heavy (non-hydrogen) atoms. The van der Waals surface area contributed by atoms with Crippen LogP contribution in [0.2, 0.25) is 0 Å². The largest absolute Gasteiger partial charge is 0.393 e. The maximum atomic E-state index is 10.0. The van der Waals surface area contributed by atoms with Crippen LogP contribution in [0.5, 0.6) is 0 Å². The Balaban J connectivity index is 2.57. The van der Waals surface area contributed by atoms with Crippen LogP contribution in [0.25, 0.3) is 0 Å². The Labute approximate surface area is 149 Å². The van der Waals surface area contributed by atoms with Gasteiger partial charge in [-0.2, -0.15) is 0 Å². The smallest absolute Gasteiger partial charge is 0.156 e. The first-order chi connectivity index (χ1) is 11.1. The average molecular weight is 339 g/mol. The van der Waals surface area contributed by atoms with E-state index in [1.807, 2.05) is 27.7 Å². The van der Waals surface area contributed by atoms with Crippen LogP contribution in [-0.2, 0) is 9.47 Å². The predicted octanol–water partition coefficient (Wildman–Crippen LogP) is 4.77. The zero-order valence-corrected chi connectivity index (χ0v) is 16.8. The molecule has 3 nitrogen and oxygen atoms in total. The van der Waals surface area contributed by atoms with Gasteiger partial charge in [-0.05, 0) is 64.2 Å². The Morgan fingerprint density at radius 3 is 2.54 bits per heavy atom. The van der Waals surface area contributed by atoms with E-state index in [4.69, 9.17) is 9.47 Å². The molecule has 0 radical (unpaired) electrons. The van der Waals surface area contributed by atoms with E-state index in [1.165, 1.54) is 6.42 Å². The van der Waals surface area contributed by atoms with Crippen molar-refractivity contribution in [3.8, 4) is 11.8 Å². The number of hydrogen-bond donors (Lipinski definition) is 1. The first-order valence-electron chi connectivity index (χ1n) is 9.57. The molecular formula is C21H38O3. The highest BCUT2D eigenvalue weighted by molar-refractivity contribution is 5.12. The van der Waals surface area contributed by atoms with E-state index in [2.05, 4.69) is 32.6 Å². The summed E-state index contributed by atoms with van der Waals surface area (Å²) in [7, 11) is 0. The summed E-state index contributed by atoms with van der Waals surface area (Å²) in [4.78, 5) is 0. The van der Waals surface area contributed by atoms with Crippen LogP contribution in [0.1, 0.15) is 80.6 Å². The van der Waals surface area contributed by atoms with Crippen LogP contribution < -0.4 is 0 Å². The molecule has 0 spiro atoms. The molecule has 0 amide bonds. The third-order valence-corrected chi connectivity index (χ3v) is 5.62. The Kier molecular flexibility index (Phi) is 8.26. The number of ether oxygens (including phenoxy) is 2. The monoisotopic (exact) mass is 338 g/mol. The lowest BCUT2D eigenvalue weighted by Gasteiger charge is -2.43. The Morgan fingerprint density at radius 2 is 1.96 bits per heavy atom. The van der Waals surface area contributed by atoms with Crippen LogP contribution >= 0.6 is 0 Å². The molecule has 0 bridgehead atoms. The summed E-state index contributed by atoms with van der Waals surface area (Å²) >= 11 is 0. The van der Waals surface area contributed by atoms with Crippen LogP contribution in [0.3, 0.4) is 0 Å². The van der Waals surface area contributed by atoms with Crippen LogP contribution in [0.4, 0.5) is 0 Å². The quantitative estimate of drug-likeness (QED) is 0.537. The van der Waals surface area contributed by atoms with E-state index in [-0.39, 0.29) is 17.8 Å². The van der Waals surface area contributed by atoms with Gasteiger partial charge in [0.15, 0.2) is 6.29 Å². The number of aliphatic hydroxyl groups excluding tert-OH is 1. The summed E-state index contributed by atoms with van der Waals surface area (Å²) in [5.74, 6) is 7.64. The van der Waals surface area contributed by atoms with E-state index in [0.29, 0.717) is 18.4 Å². The predicted molar refractivity (Wildman–Crippen MR) is 99.6 cm³/mol. The van der Waals surface area contributed by atoms with E-state index in [1.54, 1.807) is 0 Å². The molecule has 1 rings (SSSR count). The summed E-state index contributed by atoms with van der Waals surface area (Å²) in [6.07, 6.45) is 4.73. The van der Waals surface area contributed by atoms with Gasteiger partial charge in [-0.1, -0.05) is 39.0 Å². The molecule has 0 aliphatic heterocycles. The van der Waals surface area contributed by atoms with Gasteiger partial charge in [-0.25, -0.2) is 0 Å². The summed E-state index contributed by atoms with van der Waals surface area (Å²) < 4.78 is 11.3. The van der Waals surface area contributed by atoms with Gasteiger partial charge in [0.2, 0.25) is 0 Å². The van der Waals surface area contributed by atoms with Crippen molar-refractivity contribution in [2.24, 2.45) is 17.3 Å². The molecule has 1 fully saturated rings. The van der Waals surface area contributed by atoms with E-state index >= 15 is 0 Å². The molecule has 0 aromatic heterocycles. The minimum absolute atomic E-state index is 0.128. The van der Waals surface area contributed by atoms with Crippen LogP contribution in [-0.4, -0.2) is 29.7 Å². The Morgan fingerprint density at radius 1 is 1.29 bits per heavy atom. The molecule has 5 atom stereocenters. The van der Waals surface area contributed by atoms with Gasteiger partial charge < -0.3 is 14.6 Å². The third kappa shape index (κ3) is 6.75. The van der Waals surface area contributed by atoms with Gasteiger partial charge in [0.05, 0.1) is 6.10 Å². The van der Waals surface area contributed by atoms with Crippen molar-refractivity contribution in [3.63, 3.8) is 0 Å². The van der Waals surface area contributed by atoms with Crippen molar-refractivity contribution < 1.29 is 14.6 Å². The maximum Gasteiger partial charge on any atom is 0.156 e. The van der Waals surface area contributed by atoms with Crippen molar-refractivity contribution in [2.75, 3.05) is 6.61 Å². The second-order valence-electron chi connectivity index (χ2n) is 8.33. The highest BCUT2D eigenvalue weighted by atomic mass is 16.7. The first kappa shape index (κ1) is 21.5. The molecule has 2 unspecified atom stereocenters. The molecule has 0 aromatic rings. The Bertz CT molecular complexity index is 434. The van der Waals surface area contributed by atoms with Crippen molar-refractivity contribution in [1.29, 1.82) is 0 Å². The normalized spacial score (nSPS) is 28.6. The summed E-state index contributed by atoms with van der Waals surface area (Å²) in [6, 6.07) is 0. The molecule has 1 aliphatic carbocycles. The highest BCUT2D eigenvalue weighted by Gasteiger charge is 2.38. The lowest BCUT2D eigenvalue weighted by molar-refractivity contribution is -0.169. The summed E-state index contributed by atoms with van der Waals surface area (Å²) in [6.45, 7) is 15.4. The number of aliphatic hydroxyl groups is 1. The molecule has 0 heterocycles. The first-order valence-corrected chi connectivity index (χ1v) is 9.57. The molecule has 140 valence electrons. The van der Waals surface area contributed by atoms with Gasteiger partial charge in [-0.3, -0.25) is 0 Å². The third-order valence-electron chi connectivity index (χ3n) is 5.62. The van der Waals surface area contributed by atoms with E-state index in [9.17, 15) is 5.11 Å². The fourth-order valence-electron chi connectivity index (χ4n) is 3.90. The molecule has 1 saturated carbocycles. The van der Waals surface area contributed by atoms with Crippen LogP contribution in [0, 0.1) is 29.1 Å². The SMILES string of the molecule is CCOC(C)OC(C)(C)C#CC[C@H](C)[C@H](C)[C@@]1(C)CCCC(O)C1. The minimum Gasteiger partial charge on any atom is -0.393 e. The topological polar surface area (TPSA) is 38.7 Å². The van der Waals surface area contributed by atoms with E-state index < -0.39 is 5.60 Å². The molecular weight excluding hydrogens is 300 g/mol. The van der Waals surface area contributed by atoms with Crippen molar-refractivity contribution in [1.82, 2.24) is 0 Å². The fourth-order valence-corrected chi connectivity index (χ4v) is 3.90. The summed E-state index contributed by atoms with van der Waals surface area (Å²) in [5, 5.41) is 10.0. The van der Waals surface area contributed by atoms with Crippen molar-refractivity contribution >= 4 is 0 Å². The van der Waals surface area contributed by atoms with Gasteiger partial charge in [-0.15, -0.1) is 0 Å². The van der Waals surface area contributed by atoms with Gasteiger partial charge in [0.25, 0.3) is 0 Å².